The number of nitrogens with zero attached hydrogens (tertiary/aromatic N) is 2. The van der Waals surface area contributed by atoms with Crippen LogP contribution < -0.4 is 10.6 Å². The molecule has 3 fully saturated rings. The van der Waals surface area contributed by atoms with E-state index in [1.807, 2.05) is 6.07 Å². The molecule has 7 nitrogen and oxygen atoms in total. The number of rotatable bonds is 4. The zero-order valence-corrected chi connectivity index (χ0v) is 19.2. The molecule has 0 saturated carbocycles. The van der Waals surface area contributed by atoms with Crippen LogP contribution in [-0.4, -0.2) is 58.7 Å². The molecule has 4 aliphatic rings. The number of fused-ring (bicyclic) bond motifs is 3. The quantitative estimate of drug-likeness (QED) is 0.687. The smallest absolute Gasteiger partial charge is 0.255 e. The predicted octanol–water partition coefficient (Wildman–Crippen LogP) is 2.17. The SMILES string of the molecule is O=C1CCC(N2Cc3cc(C4C[C@H]5CNC[C@@H](C4)N5Cc4ccccc4)ccc3C2=O)C(=O)N1. The van der Waals surface area contributed by atoms with Gasteiger partial charge in [-0.2, -0.15) is 0 Å². The van der Waals surface area contributed by atoms with Gasteiger partial charge < -0.3 is 10.2 Å². The highest BCUT2D eigenvalue weighted by Gasteiger charge is 2.41. The molecule has 4 heterocycles. The normalized spacial score (nSPS) is 29.2. The zero-order valence-electron chi connectivity index (χ0n) is 19.2. The van der Waals surface area contributed by atoms with Crippen LogP contribution in [0.3, 0.4) is 0 Å². The standard InChI is InChI=1S/C27H30N4O3/c32-25-9-8-24(26(33)29-25)31-16-20-10-18(6-7-23(20)27(31)34)19-11-21-13-28-14-22(12-19)30(21)15-17-4-2-1-3-5-17/h1-7,10,19,21-22,24,28H,8-9,11-16H2,(H,29,32,33)/t19?,21-,22+,24?. The van der Waals surface area contributed by atoms with E-state index in [0.29, 0.717) is 36.5 Å². The van der Waals surface area contributed by atoms with Crippen molar-refractivity contribution in [2.75, 3.05) is 13.1 Å². The fourth-order valence-electron chi connectivity index (χ4n) is 6.31. The molecule has 2 unspecified atom stereocenters. The second-order valence-corrected chi connectivity index (χ2v) is 10.1. The third kappa shape index (κ3) is 3.83. The fourth-order valence-corrected chi connectivity index (χ4v) is 6.31. The Labute approximate surface area is 199 Å². The van der Waals surface area contributed by atoms with Crippen molar-refractivity contribution in [1.29, 1.82) is 0 Å². The van der Waals surface area contributed by atoms with Crippen molar-refractivity contribution in [2.45, 2.75) is 62.8 Å². The summed E-state index contributed by atoms with van der Waals surface area (Å²) in [4.78, 5) is 41.2. The van der Waals surface area contributed by atoms with Gasteiger partial charge >= 0.3 is 0 Å². The summed E-state index contributed by atoms with van der Waals surface area (Å²) < 4.78 is 0. The summed E-state index contributed by atoms with van der Waals surface area (Å²) in [6.45, 7) is 3.44. The Morgan fingerprint density at radius 3 is 2.44 bits per heavy atom. The first kappa shape index (κ1) is 21.5. The van der Waals surface area contributed by atoms with E-state index in [1.54, 1.807) is 4.90 Å². The number of nitrogens with one attached hydrogen (secondary N) is 2. The average Bonchev–Trinajstić information content (AvgIpc) is 3.15. The van der Waals surface area contributed by atoms with Crippen LogP contribution >= 0.6 is 0 Å². The Morgan fingerprint density at radius 1 is 0.941 bits per heavy atom. The lowest BCUT2D eigenvalue weighted by atomic mass is 9.79. The second-order valence-electron chi connectivity index (χ2n) is 10.1. The molecule has 2 N–H and O–H groups in total. The third-order valence-corrected chi connectivity index (χ3v) is 8.04. The van der Waals surface area contributed by atoms with Gasteiger partial charge in [0.25, 0.3) is 5.91 Å². The van der Waals surface area contributed by atoms with Crippen molar-refractivity contribution in [2.24, 2.45) is 0 Å². The molecule has 176 valence electrons. The summed E-state index contributed by atoms with van der Waals surface area (Å²) >= 11 is 0. The molecule has 0 aliphatic carbocycles. The average molecular weight is 459 g/mol. The van der Waals surface area contributed by atoms with Crippen molar-refractivity contribution in [3.05, 3.63) is 70.8 Å². The maximum Gasteiger partial charge on any atom is 0.255 e. The van der Waals surface area contributed by atoms with Crippen LogP contribution in [0, 0.1) is 0 Å². The summed E-state index contributed by atoms with van der Waals surface area (Å²) in [7, 11) is 0. The molecule has 3 saturated heterocycles. The summed E-state index contributed by atoms with van der Waals surface area (Å²) in [6.07, 6.45) is 2.87. The molecule has 0 radical (unpaired) electrons. The van der Waals surface area contributed by atoms with Gasteiger partial charge in [-0.15, -0.1) is 0 Å². The molecule has 2 aromatic carbocycles. The Hall–Kier alpha value is -3.03. The van der Waals surface area contributed by atoms with E-state index in [4.69, 9.17) is 0 Å². The Morgan fingerprint density at radius 2 is 1.71 bits per heavy atom. The molecule has 0 aromatic heterocycles. The molecular weight excluding hydrogens is 428 g/mol. The van der Waals surface area contributed by atoms with E-state index in [0.717, 1.165) is 38.0 Å². The van der Waals surface area contributed by atoms with Gasteiger partial charge in [-0.1, -0.05) is 42.5 Å². The minimum Gasteiger partial charge on any atom is -0.322 e. The van der Waals surface area contributed by atoms with Gasteiger partial charge in [-0.3, -0.25) is 24.6 Å². The number of amides is 3. The van der Waals surface area contributed by atoms with Crippen LogP contribution in [0.4, 0.5) is 0 Å². The number of carbonyl (C=O) groups excluding carboxylic acids is 3. The summed E-state index contributed by atoms with van der Waals surface area (Å²) in [5.41, 5.74) is 4.36. The second kappa shape index (κ2) is 8.64. The van der Waals surface area contributed by atoms with Crippen LogP contribution in [0.15, 0.2) is 48.5 Å². The molecule has 6 rings (SSSR count). The maximum absolute atomic E-state index is 13.0. The highest BCUT2D eigenvalue weighted by molar-refractivity contribution is 6.05. The topological polar surface area (TPSA) is 81.8 Å². The number of piperazine rings is 1. The van der Waals surface area contributed by atoms with Gasteiger partial charge in [-0.25, -0.2) is 0 Å². The van der Waals surface area contributed by atoms with Gasteiger partial charge in [0.2, 0.25) is 11.8 Å². The minimum absolute atomic E-state index is 0.102. The zero-order chi connectivity index (χ0) is 23.2. The van der Waals surface area contributed by atoms with Crippen LogP contribution in [0.5, 0.6) is 0 Å². The number of hydrogen-bond donors (Lipinski definition) is 2. The largest absolute Gasteiger partial charge is 0.322 e. The van der Waals surface area contributed by atoms with Crippen molar-refractivity contribution in [3.8, 4) is 0 Å². The molecule has 4 aliphatic heterocycles. The van der Waals surface area contributed by atoms with Gasteiger partial charge in [0.1, 0.15) is 6.04 Å². The molecule has 3 amide bonds. The van der Waals surface area contributed by atoms with Crippen molar-refractivity contribution in [1.82, 2.24) is 20.4 Å². The fraction of sp³-hybridized carbons (Fsp3) is 0.444. The van der Waals surface area contributed by atoms with E-state index in [1.165, 1.54) is 11.1 Å². The van der Waals surface area contributed by atoms with Gasteiger partial charge in [-0.05, 0) is 47.9 Å². The summed E-state index contributed by atoms with van der Waals surface area (Å²) in [5, 5.41) is 5.99. The van der Waals surface area contributed by atoms with E-state index in [-0.39, 0.29) is 24.1 Å². The first-order valence-corrected chi connectivity index (χ1v) is 12.3. The lowest BCUT2D eigenvalue weighted by Crippen LogP contribution is -2.60. The Kier molecular flexibility index (Phi) is 5.46. The first-order chi connectivity index (χ1) is 16.6. The summed E-state index contributed by atoms with van der Waals surface area (Å²) in [6, 6.07) is 17.4. The van der Waals surface area contributed by atoms with Crippen LogP contribution in [-0.2, 0) is 22.7 Å². The molecule has 34 heavy (non-hydrogen) atoms. The third-order valence-electron chi connectivity index (χ3n) is 8.04. The Bertz CT molecular complexity index is 1120. The monoisotopic (exact) mass is 458 g/mol. The van der Waals surface area contributed by atoms with Crippen molar-refractivity contribution < 1.29 is 14.4 Å². The number of imide groups is 1. The number of carbonyl (C=O) groups is 3. The molecule has 2 bridgehead atoms. The number of piperidine rings is 2. The lowest BCUT2D eigenvalue weighted by molar-refractivity contribution is -0.136. The highest BCUT2D eigenvalue weighted by atomic mass is 16.2. The molecule has 2 aromatic rings. The lowest BCUT2D eigenvalue weighted by Gasteiger charge is -2.49. The van der Waals surface area contributed by atoms with E-state index in [2.05, 4.69) is 58.0 Å². The van der Waals surface area contributed by atoms with Crippen LogP contribution in [0.1, 0.15) is 58.6 Å². The van der Waals surface area contributed by atoms with E-state index >= 15 is 0 Å². The van der Waals surface area contributed by atoms with Gasteiger partial charge in [0, 0.05) is 50.2 Å². The predicted molar refractivity (Wildman–Crippen MR) is 127 cm³/mol. The number of benzene rings is 2. The summed E-state index contributed by atoms with van der Waals surface area (Å²) in [5.74, 6) is -0.251. The first-order valence-electron chi connectivity index (χ1n) is 12.3. The molecule has 7 heteroatoms. The van der Waals surface area contributed by atoms with E-state index < -0.39 is 6.04 Å². The van der Waals surface area contributed by atoms with Crippen LogP contribution in [0.2, 0.25) is 0 Å². The Balaban J connectivity index is 1.18. The molecule has 0 spiro atoms. The van der Waals surface area contributed by atoms with Crippen molar-refractivity contribution in [3.63, 3.8) is 0 Å². The van der Waals surface area contributed by atoms with Crippen molar-refractivity contribution >= 4 is 17.7 Å². The maximum atomic E-state index is 13.0. The molecular formula is C27H30N4O3. The van der Waals surface area contributed by atoms with Gasteiger partial charge in [0.05, 0.1) is 0 Å². The van der Waals surface area contributed by atoms with E-state index in [9.17, 15) is 14.4 Å². The highest BCUT2D eigenvalue weighted by Crippen LogP contribution is 2.39. The van der Waals surface area contributed by atoms with Gasteiger partial charge in [0.15, 0.2) is 0 Å². The number of hydrogen-bond acceptors (Lipinski definition) is 5. The van der Waals surface area contributed by atoms with Crippen LogP contribution in [0.25, 0.3) is 0 Å². The minimum atomic E-state index is -0.562. The molecule has 4 atom stereocenters.